The third kappa shape index (κ3) is 3.92. The number of hydrogen-bond acceptors (Lipinski definition) is 8. The minimum Gasteiger partial charge on any atom is -0.392 e. The number of carbonyl (C=O) groups is 1. The minimum absolute atomic E-state index is 0.0750. The molecule has 0 spiro atoms. The highest BCUT2D eigenvalue weighted by atomic mass is 19.1. The van der Waals surface area contributed by atoms with Crippen LogP contribution in [-0.2, 0) is 0 Å². The van der Waals surface area contributed by atoms with Crippen molar-refractivity contribution in [1.82, 2.24) is 10.2 Å². The molecule has 1 saturated heterocycles. The summed E-state index contributed by atoms with van der Waals surface area (Å²) in [4.78, 5) is 35.0. The third-order valence-corrected chi connectivity index (χ3v) is 4.85. The quantitative estimate of drug-likeness (QED) is 0.475. The van der Waals surface area contributed by atoms with E-state index in [2.05, 4.69) is 24.8 Å². The maximum atomic E-state index is 13.7. The maximum Gasteiger partial charge on any atom is 0.436 e. The van der Waals surface area contributed by atoms with Crippen molar-refractivity contribution in [3.05, 3.63) is 68.5 Å². The highest BCUT2D eigenvalue weighted by Gasteiger charge is 2.26. The number of nitrogens with one attached hydrogen (secondary N) is 2. The molecular weight excluding hydrogens is 401 g/mol. The van der Waals surface area contributed by atoms with E-state index in [1.165, 1.54) is 0 Å². The molecule has 0 aliphatic carbocycles. The largest absolute Gasteiger partial charge is 0.436 e. The Kier molecular flexibility index (Phi) is 5.04. The topological polar surface area (TPSA) is 148 Å². The van der Waals surface area contributed by atoms with Gasteiger partial charge in [-0.05, 0) is 37.1 Å². The summed E-state index contributed by atoms with van der Waals surface area (Å²) in [6, 6.07) is 7.43. The summed E-state index contributed by atoms with van der Waals surface area (Å²) in [5.41, 5.74) is 1.31. The zero-order chi connectivity index (χ0) is 21.3. The Morgan fingerprint density at radius 3 is 2.53 bits per heavy atom. The van der Waals surface area contributed by atoms with Gasteiger partial charge in [-0.2, -0.15) is 0 Å². The Morgan fingerprint density at radius 2 is 1.97 bits per heavy atom. The van der Waals surface area contributed by atoms with E-state index in [0.29, 0.717) is 17.6 Å². The van der Waals surface area contributed by atoms with Crippen LogP contribution in [0.15, 0.2) is 44.0 Å². The lowest BCUT2D eigenvalue weighted by molar-refractivity contribution is -0.402. The van der Waals surface area contributed by atoms with E-state index in [4.69, 9.17) is 4.42 Å². The Morgan fingerprint density at radius 1 is 1.27 bits per heavy atom. The zero-order valence-corrected chi connectivity index (χ0v) is 15.5. The standard InChI is InChI=1S/C18H16FN5O6/c19-13-9-14(24(27)28)29-15(13)16(25)20-11-1-3-12(4-2-11)23-7-5-10(6-8-23)17-21-22-18(26)30-17/h1-4,9-10H,5-8H2,(H,20,25)(H,22,26). The van der Waals surface area contributed by atoms with E-state index in [1.54, 1.807) is 24.3 Å². The van der Waals surface area contributed by atoms with Crippen LogP contribution in [0.25, 0.3) is 0 Å². The van der Waals surface area contributed by atoms with Crippen molar-refractivity contribution in [2.24, 2.45) is 0 Å². The molecule has 2 aromatic heterocycles. The fourth-order valence-corrected chi connectivity index (χ4v) is 3.35. The molecule has 1 aliphatic rings. The summed E-state index contributed by atoms with van der Waals surface area (Å²) in [6.45, 7) is 1.46. The molecule has 2 N–H and O–H groups in total. The van der Waals surface area contributed by atoms with Crippen LogP contribution in [0.5, 0.6) is 0 Å². The van der Waals surface area contributed by atoms with Gasteiger partial charge in [0.1, 0.15) is 4.92 Å². The summed E-state index contributed by atoms with van der Waals surface area (Å²) in [5.74, 6) is -3.69. The predicted octanol–water partition coefficient (Wildman–Crippen LogP) is 2.64. The lowest BCUT2D eigenvalue weighted by Gasteiger charge is -2.32. The molecule has 0 bridgehead atoms. The molecule has 1 amide bonds. The lowest BCUT2D eigenvalue weighted by atomic mass is 9.96. The first-order chi connectivity index (χ1) is 14.4. The van der Waals surface area contributed by atoms with Crippen molar-refractivity contribution in [2.45, 2.75) is 18.8 Å². The molecular formula is C18H16FN5O6. The first-order valence-corrected chi connectivity index (χ1v) is 9.06. The molecule has 3 aromatic rings. The molecule has 1 fully saturated rings. The van der Waals surface area contributed by atoms with E-state index >= 15 is 0 Å². The van der Waals surface area contributed by atoms with Crippen LogP contribution in [0.4, 0.5) is 21.6 Å². The van der Waals surface area contributed by atoms with Gasteiger partial charge in [0, 0.05) is 30.4 Å². The molecule has 4 rings (SSSR count). The lowest BCUT2D eigenvalue weighted by Crippen LogP contribution is -2.32. The van der Waals surface area contributed by atoms with Gasteiger partial charge in [-0.3, -0.25) is 14.9 Å². The van der Waals surface area contributed by atoms with Crippen molar-refractivity contribution >= 4 is 23.2 Å². The second kappa shape index (κ2) is 7.81. The number of nitrogens with zero attached hydrogens (tertiary/aromatic N) is 3. The molecule has 0 saturated carbocycles. The van der Waals surface area contributed by atoms with Crippen LogP contribution in [-0.4, -0.2) is 34.1 Å². The second-order valence-corrected chi connectivity index (χ2v) is 6.73. The van der Waals surface area contributed by atoms with Gasteiger partial charge in [-0.25, -0.2) is 14.3 Å². The summed E-state index contributed by atoms with van der Waals surface area (Å²) in [7, 11) is 0. The molecule has 0 radical (unpaired) electrons. The average Bonchev–Trinajstić information content (AvgIpc) is 3.35. The number of carbonyl (C=O) groups excluding carboxylic acids is 1. The van der Waals surface area contributed by atoms with Gasteiger partial charge >= 0.3 is 11.6 Å². The number of benzene rings is 1. The fourth-order valence-electron chi connectivity index (χ4n) is 3.35. The molecule has 1 aromatic carbocycles. The number of H-pyrrole nitrogens is 1. The second-order valence-electron chi connectivity index (χ2n) is 6.73. The highest BCUT2D eigenvalue weighted by Crippen LogP contribution is 2.29. The molecule has 30 heavy (non-hydrogen) atoms. The van der Waals surface area contributed by atoms with Crippen molar-refractivity contribution < 1.29 is 22.9 Å². The van der Waals surface area contributed by atoms with E-state index in [1.807, 2.05) is 0 Å². The Bertz CT molecular complexity index is 1130. The van der Waals surface area contributed by atoms with Gasteiger partial charge in [0.25, 0.3) is 5.91 Å². The minimum atomic E-state index is -1.11. The summed E-state index contributed by atoms with van der Waals surface area (Å²) in [5, 5.41) is 19.2. The van der Waals surface area contributed by atoms with Crippen LogP contribution in [0, 0.1) is 15.9 Å². The predicted molar refractivity (Wildman–Crippen MR) is 101 cm³/mol. The van der Waals surface area contributed by atoms with Crippen LogP contribution in [0.2, 0.25) is 0 Å². The van der Waals surface area contributed by atoms with Gasteiger partial charge in [0.15, 0.2) is 5.82 Å². The molecule has 0 atom stereocenters. The normalized spacial score (nSPS) is 14.6. The smallest absolute Gasteiger partial charge is 0.392 e. The first-order valence-electron chi connectivity index (χ1n) is 9.06. The van der Waals surface area contributed by atoms with Crippen molar-refractivity contribution in [3.63, 3.8) is 0 Å². The third-order valence-electron chi connectivity index (χ3n) is 4.85. The molecule has 0 unspecified atom stereocenters. The summed E-state index contributed by atoms with van der Waals surface area (Å²) in [6.07, 6.45) is 1.53. The van der Waals surface area contributed by atoms with E-state index in [0.717, 1.165) is 31.6 Å². The number of furan rings is 1. The highest BCUT2D eigenvalue weighted by molar-refractivity contribution is 6.02. The molecule has 12 heteroatoms. The van der Waals surface area contributed by atoms with Gasteiger partial charge < -0.3 is 19.1 Å². The van der Waals surface area contributed by atoms with E-state index in [-0.39, 0.29) is 5.92 Å². The zero-order valence-electron chi connectivity index (χ0n) is 15.5. The number of aromatic nitrogens is 2. The van der Waals surface area contributed by atoms with Gasteiger partial charge in [0.2, 0.25) is 11.7 Å². The van der Waals surface area contributed by atoms with E-state index in [9.17, 15) is 24.1 Å². The van der Waals surface area contributed by atoms with Crippen molar-refractivity contribution in [2.75, 3.05) is 23.3 Å². The van der Waals surface area contributed by atoms with Crippen LogP contribution >= 0.6 is 0 Å². The molecule has 156 valence electrons. The molecule has 11 nitrogen and oxygen atoms in total. The number of rotatable bonds is 5. The molecule has 3 heterocycles. The number of nitro groups is 1. The summed E-state index contributed by atoms with van der Waals surface area (Å²) >= 11 is 0. The van der Waals surface area contributed by atoms with Crippen molar-refractivity contribution in [3.8, 4) is 0 Å². The van der Waals surface area contributed by atoms with Crippen molar-refractivity contribution in [1.29, 1.82) is 0 Å². The SMILES string of the molecule is O=C(Nc1ccc(N2CCC(c3n[nH]c(=O)o3)CC2)cc1)c1oc([N+](=O)[O-])cc1F. The fraction of sp³-hybridized carbons (Fsp3) is 0.278. The number of hydrogen-bond donors (Lipinski definition) is 2. The number of aromatic amines is 1. The number of halogens is 1. The maximum absolute atomic E-state index is 13.7. The van der Waals surface area contributed by atoms with Crippen LogP contribution in [0.3, 0.4) is 0 Å². The first kappa shape index (κ1) is 19.4. The average molecular weight is 417 g/mol. The number of anilines is 2. The Hall–Kier alpha value is -3.96. The number of piperidine rings is 1. The van der Waals surface area contributed by atoms with Crippen LogP contribution < -0.4 is 16.0 Å². The van der Waals surface area contributed by atoms with Crippen LogP contribution in [0.1, 0.15) is 35.2 Å². The molecule has 1 aliphatic heterocycles. The summed E-state index contributed by atoms with van der Waals surface area (Å²) < 4.78 is 23.4. The van der Waals surface area contributed by atoms with Gasteiger partial charge in [0.05, 0.1) is 6.07 Å². The monoisotopic (exact) mass is 417 g/mol. The van der Waals surface area contributed by atoms with Gasteiger partial charge in [-0.1, -0.05) is 0 Å². The van der Waals surface area contributed by atoms with Gasteiger partial charge in [-0.15, -0.1) is 5.10 Å². The van der Waals surface area contributed by atoms with E-state index < -0.39 is 34.0 Å². The number of amides is 1. The Balaban J connectivity index is 1.37. The Labute approximate surface area is 167 Å².